The number of para-hydroxylation sites is 1. The van der Waals surface area contributed by atoms with Crippen molar-refractivity contribution in [3.05, 3.63) is 64.7 Å². The number of benzene rings is 1. The molecule has 1 aromatic carbocycles. The maximum Gasteiger partial charge on any atom is 0.248 e. The zero-order valence-electron chi connectivity index (χ0n) is 13.9. The third-order valence-electron chi connectivity index (χ3n) is 4.78. The van der Waals surface area contributed by atoms with Gasteiger partial charge in [0.1, 0.15) is 0 Å². The van der Waals surface area contributed by atoms with E-state index in [2.05, 4.69) is 14.9 Å². The van der Waals surface area contributed by atoms with Gasteiger partial charge in [0.25, 0.3) is 0 Å². The second-order valence-electron chi connectivity index (χ2n) is 6.32. The van der Waals surface area contributed by atoms with E-state index in [-0.39, 0.29) is 11.5 Å². The van der Waals surface area contributed by atoms with Crippen LogP contribution < -0.4 is 10.5 Å². The number of H-pyrrole nitrogens is 2. The van der Waals surface area contributed by atoms with Gasteiger partial charge in [0, 0.05) is 55.5 Å². The number of aromatic nitrogens is 2. The number of amides is 1. The molecule has 0 saturated carbocycles. The van der Waals surface area contributed by atoms with Crippen molar-refractivity contribution >= 4 is 22.5 Å². The lowest BCUT2D eigenvalue weighted by Crippen LogP contribution is -2.49. The van der Waals surface area contributed by atoms with E-state index in [1.807, 2.05) is 41.4 Å². The molecule has 1 saturated heterocycles. The normalized spacial score (nSPS) is 14.9. The van der Waals surface area contributed by atoms with Crippen LogP contribution in [0.4, 0.5) is 5.69 Å². The average molecular weight is 336 g/mol. The van der Waals surface area contributed by atoms with E-state index >= 15 is 0 Å². The van der Waals surface area contributed by atoms with E-state index in [0.29, 0.717) is 19.5 Å². The standard InChI is InChI=1S/C19H20N4O2/c24-18-6-5-15(13-21-18)22-7-9-23(10-8-22)19(25)11-14-12-20-17-4-2-1-3-16(14)17/h1-6,12-13,20H,7-11H2,(H,21,24). The predicted octanol–water partition coefficient (Wildman–Crippen LogP) is 1.75. The maximum absolute atomic E-state index is 12.6. The van der Waals surface area contributed by atoms with Crippen molar-refractivity contribution in [1.82, 2.24) is 14.9 Å². The summed E-state index contributed by atoms with van der Waals surface area (Å²) in [6.45, 7) is 2.93. The minimum absolute atomic E-state index is 0.101. The summed E-state index contributed by atoms with van der Waals surface area (Å²) < 4.78 is 0. The molecule has 4 rings (SSSR count). The van der Waals surface area contributed by atoms with Gasteiger partial charge in [-0.2, -0.15) is 0 Å². The van der Waals surface area contributed by atoms with Crippen molar-refractivity contribution in [2.24, 2.45) is 0 Å². The van der Waals surface area contributed by atoms with Crippen LogP contribution in [0.15, 0.2) is 53.6 Å². The number of nitrogens with zero attached hydrogens (tertiary/aromatic N) is 2. The van der Waals surface area contributed by atoms with Crippen molar-refractivity contribution in [2.75, 3.05) is 31.1 Å². The quantitative estimate of drug-likeness (QED) is 0.765. The van der Waals surface area contributed by atoms with E-state index in [4.69, 9.17) is 0 Å². The number of pyridine rings is 1. The Bertz CT molecular complexity index is 931. The molecule has 1 aliphatic heterocycles. The molecule has 0 spiro atoms. The Morgan fingerprint density at radius 2 is 1.76 bits per heavy atom. The number of piperazine rings is 1. The molecule has 3 heterocycles. The zero-order valence-corrected chi connectivity index (χ0v) is 13.9. The second kappa shape index (κ2) is 6.47. The molecule has 1 amide bonds. The van der Waals surface area contributed by atoms with E-state index in [1.54, 1.807) is 6.20 Å². The smallest absolute Gasteiger partial charge is 0.248 e. The van der Waals surface area contributed by atoms with Gasteiger partial charge in [0.15, 0.2) is 0 Å². The second-order valence-corrected chi connectivity index (χ2v) is 6.32. The summed E-state index contributed by atoms with van der Waals surface area (Å²) in [6.07, 6.45) is 4.08. The first-order valence-electron chi connectivity index (χ1n) is 8.47. The highest BCUT2D eigenvalue weighted by Gasteiger charge is 2.22. The minimum Gasteiger partial charge on any atom is -0.367 e. The van der Waals surface area contributed by atoms with E-state index in [0.717, 1.165) is 35.2 Å². The number of fused-ring (bicyclic) bond motifs is 1. The molecular formula is C19H20N4O2. The lowest BCUT2D eigenvalue weighted by atomic mass is 10.1. The van der Waals surface area contributed by atoms with Crippen molar-refractivity contribution in [3.8, 4) is 0 Å². The molecule has 0 bridgehead atoms. The molecule has 6 heteroatoms. The SMILES string of the molecule is O=C(Cc1c[nH]c2ccccc12)N1CCN(c2ccc(=O)[nH]c2)CC1. The van der Waals surface area contributed by atoms with Crippen LogP contribution in [0.5, 0.6) is 0 Å². The van der Waals surface area contributed by atoms with Gasteiger partial charge in [-0.25, -0.2) is 0 Å². The van der Waals surface area contributed by atoms with Gasteiger partial charge in [-0.05, 0) is 17.7 Å². The van der Waals surface area contributed by atoms with Crippen LogP contribution in [0.25, 0.3) is 10.9 Å². The summed E-state index contributed by atoms with van der Waals surface area (Å²) >= 11 is 0. The molecule has 25 heavy (non-hydrogen) atoms. The topological polar surface area (TPSA) is 72.2 Å². The highest BCUT2D eigenvalue weighted by molar-refractivity contribution is 5.89. The first kappa shape index (κ1) is 15.5. The fraction of sp³-hybridized carbons (Fsp3) is 0.263. The van der Waals surface area contributed by atoms with Crippen LogP contribution in [-0.4, -0.2) is 47.0 Å². The number of anilines is 1. The van der Waals surface area contributed by atoms with Crippen LogP contribution in [0.3, 0.4) is 0 Å². The third kappa shape index (κ3) is 3.15. The number of aromatic amines is 2. The van der Waals surface area contributed by atoms with Gasteiger partial charge >= 0.3 is 0 Å². The summed E-state index contributed by atoms with van der Waals surface area (Å²) in [7, 11) is 0. The van der Waals surface area contributed by atoms with E-state index in [9.17, 15) is 9.59 Å². The predicted molar refractivity (Wildman–Crippen MR) is 97.9 cm³/mol. The van der Waals surface area contributed by atoms with E-state index < -0.39 is 0 Å². The number of carbonyl (C=O) groups excluding carboxylic acids is 1. The number of nitrogens with one attached hydrogen (secondary N) is 2. The van der Waals surface area contributed by atoms with Crippen molar-refractivity contribution < 1.29 is 4.79 Å². The average Bonchev–Trinajstić information content (AvgIpc) is 3.06. The Morgan fingerprint density at radius 1 is 0.960 bits per heavy atom. The summed E-state index contributed by atoms with van der Waals surface area (Å²) in [5.41, 5.74) is 3.00. The van der Waals surface area contributed by atoms with Gasteiger partial charge < -0.3 is 19.8 Å². The first-order chi connectivity index (χ1) is 12.2. The Hall–Kier alpha value is -3.02. The molecule has 0 unspecified atom stereocenters. The Balaban J connectivity index is 1.39. The summed E-state index contributed by atoms with van der Waals surface area (Å²) in [6, 6.07) is 11.4. The Labute approximate surface area is 145 Å². The summed E-state index contributed by atoms with van der Waals surface area (Å²) in [4.78, 5) is 33.8. The molecule has 6 nitrogen and oxygen atoms in total. The van der Waals surface area contributed by atoms with E-state index in [1.165, 1.54) is 6.07 Å². The molecule has 0 aliphatic carbocycles. The molecule has 3 aromatic rings. The highest BCUT2D eigenvalue weighted by atomic mass is 16.2. The molecular weight excluding hydrogens is 316 g/mol. The van der Waals surface area contributed by atoms with Crippen LogP contribution >= 0.6 is 0 Å². The van der Waals surface area contributed by atoms with Gasteiger partial charge in [0.05, 0.1) is 12.1 Å². The van der Waals surface area contributed by atoms with Crippen molar-refractivity contribution in [2.45, 2.75) is 6.42 Å². The Kier molecular flexibility index (Phi) is 4.01. The number of rotatable bonds is 3. The molecule has 1 aliphatic rings. The Morgan fingerprint density at radius 3 is 2.52 bits per heavy atom. The number of carbonyl (C=O) groups is 1. The lowest BCUT2D eigenvalue weighted by Gasteiger charge is -2.36. The molecule has 2 aromatic heterocycles. The lowest BCUT2D eigenvalue weighted by molar-refractivity contribution is -0.130. The van der Waals surface area contributed by atoms with Crippen LogP contribution in [-0.2, 0) is 11.2 Å². The minimum atomic E-state index is -0.101. The van der Waals surface area contributed by atoms with Gasteiger partial charge in [-0.1, -0.05) is 18.2 Å². The van der Waals surface area contributed by atoms with Crippen LogP contribution in [0.2, 0.25) is 0 Å². The fourth-order valence-electron chi connectivity index (χ4n) is 3.37. The van der Waals surface area contributed by atoms with Gasteiger partial charge in [-0.15, -0.1) is 0 Å². The third-order valence-corrected chi connectivity index (χ3v) is 4.78. The molecule has 128 valence electrons. The number of hydrogen-bond donors (Lipinski definition) is 2. The first-order valence-corrected chi connectivity index (χ1v) is 8.47. The molecule has 2 N–H and O–H groups in total. The maximum atomic E-state index is 12.6. The highest BCUT2D eigenvalue weighted by Crippen LogP contribution is 2.19. The van der Waals surface area contributed by atoms with Crippen molar-refractivity contribution in [3.63, 3.8) is 0 Å². The fourth-order valence-corrected chi connectivity index (χ4v) is 3.37. The summed E-state index contributed by atoms with van der Waals surface area (Å²) in [5.74, 6) is 0.158. The largest absolute Gasteiger partial charge is 0.367 e. The molecule has 1 fully saturated rings. The van der Waals surface area contributed by atoms with Crippen molar-refractivity contribution in [1.29, 1.82) is 0 Å². The summed E-state index contributed by atoms with van der Waals surface area (Å²) in [5, 5.41) is 1.11. The van der Waals surface area contributed by atoms with Crippen LogP contribution in [0, 0.1) is 0 Å². The molecule has 0 atom stereocenters. The van der Waals surface area contributed by atoms with Gasteiger partial charge in [0.2, 0.25) is 11.5 Å². The number of hydrogen-bond acceptors (Lipinski definition) is 3. The van der Waals surface area contributed by atoms with Gasteiger partial charge in [-0.3, -0.25) is 9.59 Å². The monoisotopic (exact) mass is 336 g/mol. The zero-order chi connectivity index (χ0) is 17.2. The van der Waals surface area contributed by atoms with Crippen LogP contribution in [0.1, 0.15) is 5.56 Å². The molecule has 0 radical (unpaired) electrons.